The lowest BCUT2D eigenvalue weighted by molar-refractivity contribution is 0.479. The highest BCUT2D eigenvalue weighted by Crippen LogP contribution is 2.33. The zero-order valence-corrected chi connectivity index (χ0v) is 10.8. The fourth-order valence-corrected chi connectivity index (χ4v) is 1.74. The van der Waals surface area contributed by atoms with Gasteiger partial charge in [-0.2, -0.15) is 0 Å². The number of anilines is 1. The van der Waals surface area contributed by atoms with Gasteiger partial charge in [-0.25, -0.2) is 4.39 Å². The molecule has 0 atom stereocenters. The second-order valence-corrected chi connectivity index (χ2v) is 4.53. The van der Waals surface area contributed by atoms with E-state index < -0.39 is 5.82 Å². The normalized spacial score (nSPS) is 10.3. The lowest BCUT2D eigenvalue weighted by Gasteiger charge is -2.11. The molecule has 0 spiro atoms. The summed E-state index contributed by atoms with van der Waals surface area (Å²) in [6.07, 6.45) is 0. The van der Waals surface area contributed by atoms with Crippen molar-refractivity contribution in [1.82, 2.24) is 0 Å². The number of hydrogen-bond acceptors (Lipinski definition) is 2. The van der Waals surface area contributed by atoms with Gasteiger partial charge < -0.3 is 10.5 Å². The summed E-state index contributed by atoms with van der Waals surface area (Å²) in [6, 6.07) is 10.3. The minimum Gasteiger partial charge on any atom is -0.455 e. The Hall–Kier alpha value is -1.55. The number of nitrogen functional groups attached to an aromatic ring is 1. The quantitative estimate of drug-likeness (QED) is 0.840. The molecule has 0 aliphatic heterocycles. The minimum atomic E-state index is -0.403. The van der Waals surface area contributed by atoms with E-state index >= 15 is 0 Å². The van der Waals surface area contributed by atoms with Gasteiger partial charge in [0.1, 0.15) is 11.6 Å². The highest BCUT2D eigenvalue weighted by atomic mass is 79.9. The van der Waals surface area contributed by atoms with Crippen molar-refractivity contribution in [2.24, 2.45) is 0 Å². The number of benzene rings is 2. The molecule has 0 radical (unpaired) electrons. The fourth-order valence-electron chi connectivity index (χ4n) is 1.42. The third-order valence-corrected chi connectivity index (χ3v) is 2.97. The maximum Gasteiger partial charge on any atom is 0.151 e. The molecule has 0 amide bonds. The minimum absolute atomic E-state index is 0.272. The Morgan fingerprint density at radius 2 is 1.88 bits per heavy atom. The van der Waals surface area contributed by atoms with Crippen LogP contribution in [-0.2, 0) is 0 Å². The van der Waals surface area contributed by atoms with Crippen molar-refractivity contribution in [3.8, 4) is 11.5 Å². The van der Waals surface area contributed by atoms with Crippen LogP contribution in [0.4, 0.5) is 10.1 Å². The van der Waals surface area contributed by atoms with Gasteiger partial charge in [-0.1, -0.05) is 18.2 Å². The van der Waals surface area contributed by atoms with Crippen LogP contribution in [0.5, 0.6) is 11.5 Å². The molecular formula is C13H11BrFNO. The third-order valence-electron chi connectivity index (χ3n) is 2.37. The lowest BCUT2D eigenvalue weighted by Crippen LogP contribution is -1.95. The standard InChI is InChI=1S/C13H11BrFNO/c1-8-4-2-3-5-12(8)17-13-6-9(14)10(15)7-11(13)16/h2-7H,16H2,1H3. The van der Waals surface area contributed by atoms with Gasteiger partial charge in [0.2, 0.25) is 0 Å². The molecule has 0 aliphatic carbocycles. The Labute approximate surface area is 107 Å². The molecule has 0 unspecified atom stereocenters. The molecule has 2 rings (SSSR count). The Bertz CT molecular complexity index is 557. The van der Waals surface area contributed by atoms with E-state index in [1.54, 1.807) is 0 Å². The summed E-state index contributed by atoms with van der Waals surface area (Å²) >= 11 is 3.10. The Kier molecular flexibility index (Phi) is 3.33. The zero-order chi connectivity index (χ0) is 12.4. The SMILES string of the molecule is Cc1ccccc1Oc1cc(Br)c(F)cc1N. The van der Waals surface area contributed by atoms with E-state index in [0.717, 1.165) is 5.56 Å². The van der Waals surface area contributed by atoms with Gasteiger partial charge in [-0.15, -0.1) is 0 Å². The molecule has 0 aliphatic rings. The van der Waals surface area contributed by atoms with E-state index in [0.29, 0.717) is 16.0 Å². The Morgan fingerprint density at radius 3 is 2.59 bits per heavy atom. The number of ether oxygens (including phenoxy) is 1. The number of hydrogen-bond donors (Lipinski definition) is 1. The van der Waals surface area contributed by atoms with Crippen LogP contribution in [0.1, 0.15) is 5.56 Å². The summed E-state index contributed by atoms with van der Waals surface area (Å²) in [5, 5.41) is 0. The topological polar surface area (TPSA) is 35.2 Å². The second-order valence-electron chi connectivity index (χ2n) is 3.67. The van der Waals surface area contributed by atoms with Gasteiger partial charge in [-0.05, 0) is 34.5 Å². The van der Waals surface area contributed by atoms with Crippen LogP contribution in [0.2, 0.25) is 0 Å². The van der Waals surface area contributed by atoms with Gasteiger partial charge in [0.25, 0.3) is 0 Å². The van der Waals surface area contributed by atoms with Gasteiger partial charge in [0.15, 0.2) is 5.75 Å². The van der Waals surface area contributed by atoms with E-state index in [4.69, 9.17) is 10.5 Å². The highest BCUT2D eigenvalue weighted by molar-refractivity contribution is 9.10. The molecule has 2 nitrogen and oxygen atoms in total. The summed E-state index contributed by atoms with van der Waals surface area (Å²) in [5.74, 6) is 0.741. The molecule has 17 heavy (non-hydrogen) atoms. The maximum absolute atomic E-state index is 13.2. The first kappa shape index (κ1) is 11.9. The molecule has 2 aromatic rings. The molecule has 2 N–H and O–H groups in total. The lowest BCUT2D eigenvalue weighted by atomic mass is 10.2. The molecule has 0 aromatic heterocycles. The van der Waals surface area contributed by atoms with Crippen molar-refractivity contribution in [2.75, 3.05) is 5.73 Å². The second kappa shape index (κ2) is 4.75. The maximum atomic E-state index is 13.2. The van der Waals surface area contributed by atoms with Crippen LogP contribution in [0.15, 0.2) is 40.9 Å². The van der Waals surface area contributed by atoms with Crippen LogP contribution >= 0.6 is 15.9 Å². The molecule has 88 valence electrons. The molecule has 0 bridgehead atoms. The average molecular weight is 296 g/mol. The number of nitrogens with two attached hydrogens (primary N) is 1. The van der Waals surface area contributed by atoms with E-state index in [1.807, 2.05) is 31.2 Å². The summed E-state index contributed by atoms with van der Waals surface area (Å²) in [6.45, 7) is 1.93. The Morgan fingerprint density at radius 1 is 1.18 bits per heavy atom. The van der Waals surface area contributed by atoms with Gasteiger partial charge >= 0.3 is 0 Å². The van der Waals surface area contributed by atoms with Crippen LogP contribution in [0.3, 0.4) is 0 Å². The zero-order valence-electron chi connectivity index (χ0n) is 9.21. The monoisotopic (exact) mass is 295 g/mol. The smallest absolute Gasteiger partial charge is 0.151 e. The first-order valence-corrected chi connectivity index (χ1v) is 5.85. The van der Waals surface area contributed by atoms with Crippen molar-refractivity contribution < 1.29 is 9.13 Å². The van der Waals surface area contributed by atoms with E-state index in [1.165, 1.54) is 12.1 Å². The van der Waals surface area contributed by atoms with E-state index in [2.05, 4.69) is 15.9 Å². The van der Waals surface area contributed by atoms with Crippen LogP contribution in [0.25, 0.3) is 0 Å². The first-order valence-electron chi connectivity index (χ1n) is 5.06. The van der Waals surface area contributed by atoms with Crippen molar-refractivity contribution in [3.63, 3.8) is 0 Å². The highest BCUT2D eigenvalue weighted by Gasteiger charge is 2.08. The molecule has 0 saturated carbocycles. The molecule has 4 heteroatoms. The summed E-state index contributed by atoms with van der Waals surface area (Å²) in [4.78, 5) is 0. The van der Waals surface area contributed by atoms with Crippen molar-refractivity contribution in [3.05, 3.63) is 52.3 Å². The predicted octanol–water partition coefficient (Wildman–Crippen LogP) is 4.27. The van der Waals surface area contributed by atoms with Crippen molar-refractivity contribution >= 4 is 21.6 Å². The van der Waals surface area contributed by atoms with Crippen LogP contribution in [0, 0.1) is 12.7 Å². The van der Waals surface area contributed by atoms with E-state index in [-0.39, 0.29) is 5.69 Å². The van der Waals surface area contributed by atoms with Crippen LogP contribution < -0.4 is 10.5 Å². The van der Waals surface area contributed by atoms with Gasteiger partial charge in [0.05, 0.1) is 10.2 Å². The predicted molar refractivity (Wildman–Crippen MR) is 69.8 cm³/mol. The first-order chi connectivity index (χ1) is 8.08. The van der Waals surface area contributed by atoms with E-state index in [9.17, 15) is 4.39 Å². The van der Waals surface area contributed by atoms with Crippen LogP contribution in [-0.4, -0.2) is 0 Å². The fraction of sp³-hybridized carbons (Fsp3) is 0.0769. The van der Waals surface area contributed by atoms with Gasteiger partial charge in [0, 0.05) is 12.1 Å². The summed E-state index contributed by atoms with van der Waals surface area (Å²) < 4.78 is 19.2. The number of halogens is 2. The molecule has 0 fully saturated rings. The number of rotatable bonds is 2. The Balaban J connectivity index is 2.37. The molecular weight excluding hydrogens is 285 g/mol. The number of aryl methyl sites for hydroxylation is 1. The molecule has 0 saturated heterocycles. The van der Waals surface area contributed by atoms with Gasteiger partial charge in [-0.3, -0.25) is 0 Å². The number of para-hydroxylation sites is 1. The van der Waals surface area contributed by atoms with Crippen molar-refractivity contribution in [2.45, 2.75) is 6.92 Å². The average Bonchev–Trinajstić information content (AvgIpc) is 2.29. The molecule has 0 heterocycles. The summed E-state index contributed by atoms with van der Waals surface area (Å²) in [5.41, 5.74) is 6.97. The largest absolute Gasteiger partial charge is 0.455 e. The van der Waals surface area contributed by atoms with Crippen molar-refractivity contribution in [1.29, 1.82) is 0 Å². The summed E-state index contributed by atoms with van der Waals surface area (Å²) in [7, 11) is 0. The molecule has 2 aromatic carbocycles. The third kappa shape index (κ3) is 2.58.